The molecule has 1 aliphatic carbocycles. The third-order valence-corrected chi connectivity index (χ3v) is 5.93. The summed E-state index contributed by atoms with van der Waals surface area (Å²) < 4.78 is 0. The molecular formula is C21H31NO. The molecule has 1 aliphatic heterocycles. The zero-order chi connectivity index (χ0) is 16.4. The van der Waals surface area contributed by atoms with Gasteiger partial charge in [-0.25, -0.2) is 0 Å². The molecule has 1 amide bonds. The molecule has 2 heteroatoms. The van der Waals surface area contributed by atoms with E-state index in [0.717, 1.165) is 25.7 Å². The lowest BCUT2D eigenvalue weighted by molar-refractivity contribution is -0.144. The molecule has 0 radical (unpaired) electrons. The van der Waals surface area contributed by atoms with Gasteiger partial charge in [-0.2, -0.15) is 0 Å². The van der Waals surface area contributed by atoms with Gasteiger partial charge in [0.15, 0.2) is 0 Å². The Morgan fingerprint density at radius 1 is 1.17 bits per heavy atom. The fraction of sp³-hybridized carbons (Fsp3) is 0.667. The molecule has 1 atom stereocenters. The van der Waals surface area contributed by atoms with Crippen LogP contribution in [0.2, 0.25) is 0 Å². The number of hydrogen-bond donors (Lipinski definition) is 0. The van der Waals surface area contributed by atoms with Gasteiger partial charge in [0.2, 0.25) is 5.91 Å². The Morgan fingerprint density at radius 3 is 2.57 bits per heavy atom. The van der Waals surface area contributed by atoms with Crippen LogP contribution < -0.4 is 0 Å². The van der Waals surface area contributed by atoms with Crippen molar-refractivity contribution in [3.63, 3.8) is 0 Å². The Hall–Kier alpha value is -1.31. The number of nitrogens with zero attached hydrogens (tertiary/aromatic N) is 1. The van der Waals surface area contributed by atoms with E-state index in [2.05, 4.69) is 49.9 Å². The number of amides is 1. The summed E-state index contributed by atoms with van der Waals surface area (Å²) in [6.45, 7) is 6.72. The lowest BCUT2D eigenvalue weighted by Crippen LogP contribution is -2.51. The van der Waals surface area contributed by atoms with Gasteiger partial charge in [0.1, 0.15) is 0 Å². The minimum absolute atomic E-state index is 0.165. The maximum Gasteiger partial charge on any atom is 0.226 e. The van der Waals surface area contributed by atoms with Crippen LogP contribution in [0, 0.1) is 5.92 Å². The van der Waals surface area contributed by atoms with E-state index in [-0.39, 0.29) is 11.5 Å². The Bertz CT molecular complexity index is 557. The summed E-state index contributed by atoms with van der Waals surface area (Å²) in [6.07, 6.45) is 9.16. The van der Waals surface area contributed by atoms with Gasteiger partial charge in [-0.15, -0.1) is 0 Å². The summed E-state index contributed by atoms with van der Waals surface area (Å²) >= 11 is 0. The molecule has 1 fully saturated rings. The van der Waals surface area contributed by atoms with Crippen LogP contribution in [0.4, 0.5) is 0 Å². The number of carbonyl (C=O) groups excluding carboxylic acids is 1. The predicted molar refractivity (Wildman–Crippen MR) is 95.3 cm³/mol. The highest BCUT2D eigenvalue weighted by atomic mass is 16.2. The second-order valence-electron chi connectivity index (χ2n) is 7.91. The van der Waals surface area contributed by atoms with E-state index in [1.165, 1.54) is 36.8 Å². The molecule has 1 saturated carbocycles. The van der Waals surface area contributed by atoms with Crippen molar-refractivity contribution in [1.29, 1.82) is 0 Å². The van der Waals surface area contributed by atoms with Gasteiger partial charge in [0, 0.05) is 12.0 Å². The van der Waals surface area contributed by atoms with Crippen molar-refractivity contribution in [1.82, 2.24) is 4.90 Å². The molecule has 1 heterocycles. The highest BCUT2D eigenvalue weighted by molar-refractivity contribution is 5.81. The smallest absolute Gasteiger partial charge is 0.226 e. The molecule has 1 aromatic rings. The third-order valence-electron chi connectivity index (χ3n) is 5.93. The Kier molecular flexibility index (Phi) is 4.79. The van der Waals surface area contributed by atoms with Gasteiger partial charge in [-0.3, -0.25) is 4.79 Å². The first-order valence-electron chi connectivity index (χ1n) is 9.47. The standard InChI is InChI=1S/C21H31NO/c1-4-5-10-17-15-16-11-6-9-14-19(16)21(2,3)22(20(17)23)18-12-7-8-13-18/h6,9,11,14,17-18H,4-5,7-8,10,12-13,15H2,1-3H3. The summed E-state index contributed by atoms with van der Waals surface area (Å²) in [7, 11) is 0. The van der Waals surface area contributed by atoms with E-state index < -0.39 is 0 Å². The van der Waals surface area contributed by atoms with Gasteiger partial charge < -0.3 is 4.90 Å². The van der Waals surface area contributed by atoms with Gasteiger partial charge in [0.05, 0.1) is 5.54 Å². The van der Waals surface area contributed by atoms with Crippen molar-refractivity contribution in [3.8, 4) is 0 Å². The molecular weight excluding hydrogens is 282 g/mol. The molecule has 0 N–H and O–H groups in total. The lowest BCUT2D eigenvalue weighted by atomic mass is 9.87. The lowest BCUT2D eigenvalue weighted by Gasteiger charge is -2.43. The maximum atomic E-state index is 13.4. The minimum atomic E-state index is -0.191. The van der Waals surface area contributed by atoms with Crippen molar-refractivity contribution in [2.75, 3.05) is 0 Å². The normalized spacial score (nSPS) is 24.6. The summed E-state index contributed by atoms with van der Waals surface area (Å²) in [5, 5.41) is 0. The first-order chi connectivity index (χ1) is 11.1. The monoisotopic (exact) mass is 313 g/mol. The zero-order valence-corrected chi connectivity index (χ0v) is 15.0. The van der Waals surface area contributed by atoms with Crippen LogP contribution in [0.15, 0.2) is 24.3 Å². The van der Waals surface area contributed by atoms with Crippen LogP contribution >= 0.6 is 0 Å². The average Bonchev–Trinajstić information content (AvgIpc) is 3.02. The van der Waals surface area contributed by atoms with E-state index in [1.54, 1.807) is 0 Å². The summed E-state index contributed by atoms with van der Waals surface area (Å²) in [6, 6.07) is 9.17. The predicted octanol–water partition coefficient (Wildman–Crippen LogP) is 5.06. The largest absolute Gasteiger partial charge is 0.330 e. The molecule has 0 bridgehead atoms. The van der Waals surface area contributed by atoms with Crippen molar-refractivity contribution in [2.24, 2.45) is 5.92 Å². The third kappa shape index (κ3) is 3.05. The number of carbonyl (C=O) groups is 1. The molecule has 1 unspecified atom stereocenters. The van der Waals surface area contributed by atoms with Crippen LogP contribution in [0.3, 0.4) is 0 Å². The molecule has 0 spiro atoms. The summed E-state index contributed by atoms with van der Waals surface area (Å²) in [5.41, 5.74) is 2.55. The van der Waals surface area contributed by atoms with Crippen molar-refractivity contribution < 1.29 is 4.79 Å². The number of benzene rings is 1. The van der Waals surface area contributed by atoms with Crippen LogP contribution in [0.5, 0.6) is 0 Å². The fourth-order valence-electron chi connectivity index (χ4n) is 4.72. The molecule has 1 aromatic carbocycles. The first kappa shape index (κ1) is 16.5. The molecule has 23 heavy (non-hydrogen) atoms. The van der Waals surface area contributed by atoms with Crippen molar-refractivity contribution in [3.05, 3.63) is 35.4 Å². The van der Waals surface area contributed by atoms with Gasteiger partial charge in [-0.05, 0) is 50.7 Å². The molecule has 3 rings (SSSR count). The average molecular weight is 313 g/mol. The van der Waals surface area contributed by atoms with Crippen molar-refractivity contribution >= 4 is 5.91 Å². The van der Waals surface area contributed by atoms with E-state index in [4.69, 9.17) is 0 Å². The van der Waals surface area contributed by atoms with Gasteiger partial charge in [-0.1, -0.05) is 56.9 Å². The van der Waals surface area contributed by atoms with Gasteiger partial charge >= 0.3 is 0 Å². The topological polar surface area (TPSA) is 20.3 Å². The van der Waals surface area contributed by atoms with Crippen LogP contribution in [0.25, 0.3) is 0 Å². The highest BCUT2D eigenvalue weighted by Gasteiger charge is 2.44. The molecule has 2 aliphatic rings. The van der Waals surface area contributed by atoms with E-state index in [0.29, 0.717) is 11.9 Å². The summed E-state index contributed by atoms with van der Waals surface area (Å²) in [4.78, 5) is 15.7. The van der Waals surface area contributed by atoms with E-state index >= 15 is 0 Å². The van der Waals surface area contributed by atoms with Crippen LogP contribution in [-0.4, -0.2) is 16.8 Å². The number of hydrogen-bond acceptors (Lipinski definition) is 1. The Morgan fingerprint density at radius 2 is 1.87 bits per heavy atom. The Balaban J connectivity index is 2.03. The Labute approximate surface area is 141 Å². The van der Waals surface area contributed by atoms with Crippen LogP contribution in [0.1, 0.15) is 76.8 Å². The number of unbranched alkanes of at least 4 members (excludes halogenated alkanes) is 1. The molecule has 126 valence electrons. The second kappa shape index (κ2) is 6.67. The minimum Gasteiger partial charge on any atom is -0.330 e. The van der Waals surface area contributed by atoms with E-state index in [1.807, 2.05) is 0 Å². The maximum absolute atomic E-state index is 13.4. The second-order valence-corrected chi connectivity index (χ2v) is 7.91. The van der Waals surface area contributed by atoms with Gasteiger partial charge in [0.25, 0.3) is 0 Å². The summed E-state index contributed by atoms with van der Waals surface area (Å²) in [5.74, 6) is 0.574. The SMILES string of the molecule is CCCCC1Cc2ccccc2C(C)(C)N(C2CCCC2)C1=O. The molecule has 0 aromatic heterocycles. The van der Waals surface area contributed by atoms with Crippen LogP contribution in [-0.2, 0) is 16.8 Å². The van der Waals surface area contributed by atoms with E-state index in [9.17, 15) is 4.79 Å². The zero-order valence-electron chi connectivity index (χ0n) is 15.0. The quantitative estimate of drug-likeness (QED) is 0.761. The molecule has 0 saturated heterocycles. The molecule has 2 nitrogen and oxygen atoms in total. The number of rotatable bonds is 4. The number of fused-ring (bicyclic) bond motifs is 1. The highest BCUT2D eigenvalue weighted by Crippen LogP contribution is 2.41. The first-order valence-corrected chi connectivity index (χ1v) is 9.47. The fourth-order valence-corrected chi connectivity index (χ4v) is 4.72. The van der Waals surface area contributed by atoms with Crippen molar-refractivity contribution in [2.45, 2.75) is 83.7 Å².